The van der Waals surface area contributed by atoms with Gasteiger partial charge in [-0.1, -0.05) is 0 Å². The Morgan fingerprint density at radius 3 is 2.79 bits per heavy atom. The maximum Gasteiger partial charge on any atom is 0.138 e. The molecule has 98 valence electrons. The lowest BCUT2D eigenvalue weighted by Gasteiger charge is -2.13. The van der Waals surface area contributed by atoms with Gasteiger partial charge >= 0.3 is 0 Å². The highest BCUT2D eigenvalue weighted by atomic mass is 32.1. The number of aryl methyl sites for hydroxylation is 2. The number of thiazole rings is 1. The van der Waals surface area contributed by atoms with Crippen LogP contribution in [0.3, 0.4) is 0 Å². The molecule has 1 N–H and O–H groups in total. The molecule has 0 saturated heterocycles. The Kier molecular flexibility index (Phi) is 3.20. The highest BCUT2D eigenvalue weighted by Crippen LogP contribution is 2.33. The molecule has 0 aliphatic rings. The van der Waals surface area contributed by atoms with Gasteiger partial charge in [0.15, 0.2) is 0 Å². The third kappa shape index (κ3) is 2.21. The van der Waals surface area contributed by atoms with Gasteiger partial charge in [0.2, 0.25) is 0 Å². The summed E-state index contributed by atoms with van der Waals surface area (Å²) in [6.45, 7) is 6.34. The van der Waals surface area contributed by atoms with E-state index in [0.29, 0.717) is 0 Å². The number of aromatic nitrogens is 3. The van der Waals surface area contributed by atoms with Crippen LogP contribution in [-0.4, -0.2) is 15.0 Å². The summed E-state index contributed by atoms with van der Waals surface area (Å²) in [6, 6.07) is 0.143. The molecule has 0 aliphatic carbocycles. The van der Waals surface area contributed by atoms with Crippen LogP contribution in [0.15, 0.2) is 17.2 Å². The predicted molar refractivity (Wildman–Crippen MR) is 81.0 cm³/mol. The van der Waals surface area contributed by atoms with E-state index in [9.17, 15) is 0 Å². The Bertz CT molecular complexity index is 703. The zero-order chi connectivity index (χ0) is 13.4. The molecule has 0 unspecified atom stereocenters. The number of hydrogen-bond donors (Lipinski definition) is 1. The van der Waals surface area contributed by atoms with Crippen LogP contribution in [0.4, 0.5) is 5.82 Å². The van der Waals surface area contributed by atoms with Crippen LogP contribution in [0.1, 0.15) is 29.1 Å². The monoisotopic (exact) mass is 290 g/mol. The third-order valence-corrected chi connectivity index (χ3v) is 4.93. The van der Waals surface area contributed by atoms with E-state index in [4.69, 9.17) is 0 Å². The van der Waals surface area contributed by atoms with E-state index in [1.54, 1.807) is 29.0 Å². The van der Waals surface area contributed by atoms with Gasteiger partial charge in [0.25, 0.3) is 0 Å². The lowest BCUT2D eigenvalue weighted by Crippen LogP contribution is -2.08. The Labute approximate surface area is 119 Å². The molecule has 0 fully saturated rings. The van der Waals surface area contributed by atoms with Gasteiger partial charge in [-0.2, -0.15) is 0 Å². The van der Waals surface area contributed by atoms with Crippen molar-refractivity contribution >= 4 is 38.7 Å². The van der Waals surface area contributed by atoms with E-state index in [1.807, 2.05) is 5.51 Å². The Morgan fingerprint density at radius 2 is 2.05 bits per heavy atom. The Morgan fingerprint density at radius 1 is 1.21 bits per heavy atom. The predicted octanol–water partition coefficient (Wildman–Crippen LogP) is 3.94. The number of rotatable bonds is 3. The van der Waals surface area contributed by atoms with Crippen molar-refractivity contribution < 1.29 is 0 Å². The molecule has 0 bridgehead atoms. The van der Waals surface area contributed by atoms with Gasteiger partial charge in [-0.3, -0.25) is 0 Å². The summed E-state index contributed by atoms with van der Waals surface area (Å²) in [6.07, 6.45) is 1.62. The summed E-state index contributed by atoms with van der Waals surface area (Å²) in [7, 11) is 0. The van der Waals surface area contributed by atoms with E-state index >= 15 is 0 Å². The van der Waals surface area contributed by atoms with Gasteiger partial charge in [0.05, 0.1) is 22.6 Å². The zero-order valence-corrected chi connectivity index (χ0v) is 12.6. The average Bonchev–Trinajstić information content (AvgIpc) is 3.00. The molecule has 3 aromatic heterocycles. The van der Waals surface area contributed by atoms with Crippen LogP contribution in [0, 0.1) is 13.8 Å². The fourth-order valence-electron chi connectivity index (χ4n) is 2.01. The minimum atomic E-state index is 0.143. The van der Waals surface area contributed by atoms with Crippen LogP contribution in [0.25, 0.3) is 10.2 Å². The number of nitrogens with one attached hydrogen (secondary N) is 1. The second-order valence-electron chi connectivity index (χ2n) is 4.47. The van der Waals surface area contributed by atoms with Crippen LogP contribution in [0.5, 0.6) is 0 Å². The molecule has 3 rings (SSSR count). The molecule has 6 heteroatoms. The van der Waals surface area contributed by atoms with E-state index in [-0.39, 0.29) is 6.04 Å². The van der Waals surface area contributed by atoms with Crippen LogP contribution in [-0.2, 0) is 0 Å². The first-order valence-corrected chi connectivity index (χ1v) is 7.78. The summed E-state index contributed by atoms with van der Waals surface area (Å²) in [5.41, 5.74) is 4.15. The molecule has 0 saturated carbocycles. The molecule has 19 heavy (non-hydrogen) atoms. The summed E-state index contributed by atoms with van der Waals surface area (Å²) < 4.78 is 0. The standard InChI is InChI=1S/C13H14N4S2/c1-7-9(3)19-13-11(7)12(14-5-15-13)17-8(2)10-4-18-6-16-10/h4-6,8H,1-3H3,(H,14,15,17)/t8-/m0/s1. The minimum absolute atomic E-state index is 0.143. The normalized spacial score (nSPS) is 12.8. The van der Waals surface area contributed by atoms with Gasteiger partial charge in [0, 0.05) is 10.3 Å². The molecule has 0 aliphatic heterocycles. The fourth-order valence-corrected chi connectivity index (χ4v) is 3.65. The van der Waals surface area contributed by atoms with Crippen LogP contribution >= 0.6 is 22.7 Å². The number of fused-ring (bicyclic) bond motifs is 1. The number of nitrogens with zero attached hydrogens (tertiary/aromatic N) is 3. The lowest BCUT2D eigenvalue weighted by molar-refractivity contribution is 0.843. The highest BCUT2D eigenvalue weighted by Gasteiger charge is 2.14. The maximum absolute atomic E-state index is 4.39. The van der Waals surface area contributed by atoms with E-state index in [0.717, 1.165) is 21.7 Å². The largest absolute Gasteiger partial charge is 0.361 e. The Hall–Kier alpha value is -1.53. The lowest BCUT2D eigenvalue weighted by atomic mass is 10.2. The second kappa shape index (κ2) is 4.86. The van der Waals surface area contributed by atoms with Crippen molar-refractivity contribution in [3.8, 4) is 0 Å². The third-order valence-electron chi connectivity index (χ3n) is 3.21. The summed E-state index contributed by atoms with van der Waals surface area (Å²) in [5, 5.41) is 6.63. The molecule has 1 atom stereocenters. The number of thiophene rings is 1. The first-order chi connectivity index (χ1) is 9.16. The van der Waals surface area contributed by atoms with Crippen molar-refractivity contribution in [2.45, 2.75) is 26.8 Å². The van der Waals surface area contributed by atoms with E-state index in [1.165, 1.54) is 10.4 Å². The number of anilines is 1. The molecule has 3 heterocycles. The van der Waals surface area contributed by atoms with Crippen molar-refractivity contribution in [3.05, 3.63) is 33.4 Å². The average molecular weight is 290 g/mol. The maximum atomic E-state index is 4.39. The molecule has 4 nitrogen and oxygen atoms in total. The molecule has 0 amide bonds. The van der Waals surface area contributed by atoms with Crippen molar-refractivity contribution in [3.63, 3.8) is 0 Å². The second-order valence-corrected chi connectivity index (χ2v) is 6.39. The molecule has 0 spiro atoms. The van der Waals surface area contributed by atoms with Gasteiger partial charge in [-0.15, -0.1) is 22.7 Å². The first kappa shape index (κ1) is 12.5. The van der Waals surface area contributed by atoms with Crippen molar-refractivity contribution in [1.82, 2.24) is 15.0 Å². The van der Waals surface area contributed by atoms with Gasteiger partial charge in [-0.05, 0) is 26.3 Å². The summed E-state index contributed by atoms with van der Waals surface area (Å²) in [4.78, 5) is 15.4. The SMILES string of the molecule is Cc1sc2ncnc(N[C@@H](C)c3cscn3)c2c1C. The first-order valence-electron chi connectivity index (χ1n) is 6.02. The molecule has 0 aromatic carbocycles. The van der Waals surface area contributed by atoms with E-state index < -0.39 is 0 Å². The van der Waals surface area contributed by atoms with Crippen LogP contribution < -0.4 is 5.32 Å². The van der Waals surface area contributed by atoms with Crippen molar-refractivity contribution in [2.24, 2.45) is 0 Å². The van der Waals surface area contributed by atoms with Crippen molar-refractivity contribution in [2.75, 3.05) is 5.32 Å². The molecular weight excluding hydrogens is 276 g/mol. The summed E-state index contributed by atoms with van der Waals surface area (Å²) >= 11 is 3.32. The van der Waals surface area contributed by atoms with Gasteiger partial charge < -0.3 is 5.32 Å². The number of hydrogen-bond acceptors (Lipinski definition) is 6. The van der Waals surface area contributed by atoms with E-state index in [2.05, 4.69) is 46.4 Å². The summed E-state index contributed by atoms with van der Waals surface area (Å²) in [5.74, 6) is 0.896. The molecule has 3 aromatic rings. The smallest absolute Gasteiger partial charge is 0.138 e. The quantitative estimate of drug-likeness (QED) is 0.794. The molecule has 0 radical (unpaired) electrons. The van der Waals surface area contributed by atoms with Crippen LogP contribution in [0.2, 0.25) is 0 Å². The van der Waals surface area contributed by atoms with Crippen molar-refractivity contribution in [1.29, 1.82) is 0 Å². The van der Waals surface area contributed by atoms with Gasteiger partial charge in [-0.25, -0.2) is 15.0 Å². The van der Waals surface area contributed by atoms with Gasteiger partial charge in [0.1, 0.15) is 17.0 Å². The highest BCUT2D eigenvalue weighted by molar-refractivity contribution is 7.18. The Balaban J connectivity index is 2.01. The zero-order valence-electron chi connectivity index (χ0n) is 11.0. The fraction of sp³-hybridized carbons (Fsp3) is 0.308. The molecular formula is C13H14N4S2. The minimum Gasteiger partial charge on any atom is -0.361 e. The topological polar surface area (TPSA) is 50.7 Å².